The highest BCUT2D eigenvalue weighted by molar-refractivity contribution is 7.12. The summed E-state index contributed by atoms with van der Waals surface area (Å²) in [5.41, 5.74) is 0. The molecular weight excluding hydrogens is 350 g/mol. The van der Waals surface area contributed by atoms with Gasteiger partial charge in [-0.1, -0.05) is 25.4 Å². The lowest BCUT2D eigenvalue weighted by Crippen LogP contribution is -2.61. The van der Waals surface area contributed by atoms with Crippen molar-refractivity contribution in [1.82, 2.24) is 15.5 Å². The molecule has 8 heteroatoms. The van der Waals surface area contributed by atoms with Crippen molar-refractivity contribution in [3.63, 3.8) is 0 Å². The van der Waals surface area contributed by atoms with E-state index in [2.05, 4.69) is 10.6 Å². The Labute approximate surface area is 149 Å². The zero-order valence-electron chi connectivity index (χ0n) is 13.5. The van der Waals surface area contributed by atoms with Gasteiger partial charge in [-0.15, -0.1) is 11.3 Å². The number of amides is 3. The van der Waals surface area contributed by atoms with Crippen LogP contribution in [0.2, 0.25) is 5.02 Å². The fourth-order valence-corrected chi connectivity index (χ4v) is 4.34. The first-order valence-electron chi connectivity index (χ1n) is 8.01. The van der Waals surface area contributed by atoms with Gasteiger partial charge in [0.25, 0.3) is 5.91 Å². The van der Waals surface area contributed by atoms with Gasteiger partial charge in [0.1, 0.15) is 17.0 Å². The van der Waals surface area contributed by atoms with Crippen LogP contribution in [-0.4, -0.2) is 47.3 Å². The minimum Gasteiger partial charge on any atom is -0.347 e. The number of nitrogens with one attached hydrogen (secondary N) is 2. The van der Waals surface area contributed by atoms with E-state index in [1.165, 1.54) is 11.3 Å². The van der Waals surface area contributed by atoms with Crippen molar-refractivity contribution in [2.45, 2.75) is 44.8 Å². The monoisotopic (exact) mass is 369 g/mol. The number of rotatable bonds is 4. The largest absolute Gasteiger partial charge is 0.347 e. The van der Waals surface area contributed by atoms with Gasteiger partial charge in [0.05, 0.1) is 5.02 Å². The molecule has 3 amide bonds. The summed E-state index contributed by atoms with van der Waals surface area (Å²) < 4.78 is 0. The van der Waals surface area contributed by atoms with E-state index in [4.69, 9.17) is 11.6 Å². The SMILES string of the molecule is CC(C)C[C@@H]1NC(=O)[C@@H]2C[C@H](NC(=O)c3sccc3Cl)CN2C1=O. The minimum atomic E-state index is -0.495. The van der Waals surface area contributed by atoms with Gasteiger partial charge in [0.2, 0.25) is 11.8 Å². The number of hydrogen-bond acceptors (Lipinski definition) is 4. The number of fused-ring (bicyclic) bond motifs is 1. The van der Waals surface area contributed by atoms with Crippen molar-refractivity contribution in [2.75, 3.05) is 6.54 Å². The number of nitrogens with zero attached hydrogens (tertiary/aromatic N) is 1. The summed E-state index contributed by atoms with van der Waals surface area (Å²) in [7, 11) is 0. The first kappa shape index (κ1) is 17.2. The summed E-state index contributed by atoms with van der Waals surface area (Å²) in [4.78, 5) is 39.2. The van der Waals surface area contributed by atoms with Crippen molar-refractivity contribution < 1.29 is 14.4 Å². The molecule has 0 saturated carbocycles. The van der Waals surface area contributed by atoms with Gasteiger partial charge in [-0.2, -0.15) is 0 Å². The highest BCUT2D eigenvalue weighted by atomic mass is 35.5. The Bertz CT molecular complexity index is 675. The third kappa shape index (κ3) is 3.28. The van der Waals surface area contributed by atoms with Gasteiger partial charge in [0, 0.05) is 12.6 Å². The van der Waals surface area contributed by atoms with Gasteiger partial charge >= 0.3 is 0 Å². The van der Waals surface area contributed by atoms with Crippen LogP contribution in [0.3, 0.4) is 0 Å². The second-order valence-corrected chi connectivity index (χ2v) is 8.02. The number of carbonyl (C=O) groups excluding carboxylic acids is 3. The third-order valence-corrected chi connectivity index (χ3v) is 5.71. The van der Waals surface area contributed by atoms with E-state index in [1.54, 1.807) is 16.3 Å². The molecule has 2 saturated heterocycles. The summed E-state index contributed by atoms with van der Waals surface area (Å²) in [6.45, 7) is 4.40. The number of hydrogen-bond donors (Lipinski definition) is 2. The molecule has 2 N–H and O–H groups in total. The summed E-state index contributed by atoms with van der Waals surface area (Å²) in [6.07, 6.45) is 1.05. The lowest BCUT2D eigenvalue weighted by molar-refractivity contribution is -0.147. The summed E-state index contributed by atoms with van der Waals surface area (Å²) in [5.74, 6) is -0.133. The number of piperazine rings is 1. The summed E-state index contributed by atoms with van der Waals surface area (Å²) in [5, 5.41) is 7.87. The van der Waals surface area contributed by atoms with Gasteiger partial charge in [-0.25, -0.2) is 0 Å². The summed E-state index contributed by atoms with van der Waals surface area (Å²) >= 11 is 7.25. The second-order valence-electron chi connectivity index (χ2n) is 6.70. The Hall–Kier alpha value is -1.60. The van der Waals surface area contributed by atoms with Crippen molar-refractivity contribution >= 4 is 40.7 Å². The molecule has 0 aromatic carbocycles. The molecule has 0 bridgehead atoms. The molecule has 0 aliphatic carbocycles. The Morgan fingerprint density at radius 1 is 1.50 bits per heavy atom. The zero-order valence-corrected chi connectivity index (χ0v) is 15.1. The molecule has 130 valence electrons. The Kier molecular flexibility index (Phi) is 4.83. The fraction of sp³-hybridized carbons (Fsp3) is 0.562. The second kappa shape index (κ2) is 6.72. The molecule has 2 fully saturated rings. The average Bonchev–Trinajstić information content (AvgIpc) is 3.10. The molecule has 0 spiro atoms. The molecule has 2 aliphatic heterocycles. The van der Waals surface area contributed by atoms with Crippen LogP contribution in [0.4, 0.5) is 0 Å². The van der Waals surface area contributed by atoms with Crippen LogP contribution < -0.4 is 10.6 Å². The van der Waals surface area contributed by atoms with Crippen molar-refractivity contribution in [3.8, 4) is 0 Å². The highest BCUT2D eigenvalue weighted by Gasteiger charge is 2.46. The Balaban J connectivity index is 1.67. The van der Waals surface area contributed by atoms with Crippen molar-refractivity contribution in [3.05, 3.63) is 21.3 Å². The number of thiophene rings is 1. The lowest BCUT2D eigenvalue weighted by atomic mass is 9.99. The predicted molar refractivity (Wildman–Crippen MR) is 92.1 cm³/mol. The highest BCUT2D eigenvalue weighted by Crippen LogP contribution is 2.26. The molecule has 1 aromatic rings. The quantitative estimate of drug-likeness (QED) is 0.847. The van der Waals surface area contributed by atoms with Crippen LogP contribution >= 0.6 is 22.9 Å². The van der Waals surface area contributed by atoms with Crippen LogP contribution in [0.15, 0.2) is 11.4 Å². The third-order valence-electron chi connectivity index (χ3n) is 4.37. The molecule has 3 heterocycles. The number of halogens is 1. The molecule has 24 heavy (non-hydrogen) atoms. The maximum Gasteiger partial charge on any atom is 0.263 e. The lowest BCUT2D eigenvalue weighted by Gasteiger charge is -2.35. The smallest absolute Gasteiger partial charge is 0.263 e. The van der Waals surface area contributed by atoms with Gasteiger partial charge < -0.3 is 15.5 Å². The predicted octanol–water partition coefficient (Wildman–Crippen LogP) is 1.65. The molecule has 0 radical (unpaired) electrons. The van der Waals surface area contributed by atoms with Crippen LogP contribution in [0.1, 0.15) is 36.4 Å². The maximum absolute atomic E-state index is 12.6. The van der Waals surface area contributed by atoms with E-state index >= 15 is 0 Å². The first-order chi connectivity index (χ1) is 11.4. The molecule has 6 nitrogen and oxygen atoms in total. The van der Waals surface area contributed by atoms with Crippen LogP contribution in [0, 0.1) is 5.92 Å². The van der Waals surface area contributed by atoms with Crippen molar-refractivity contribution in [1.29, 1.82) is 0 Å². The van der Waals surface area contributed by atoms with E-state index in [0.29, 0.717) is 35.2 Å². The zero-order chi connectivity index (χ0) is 17.4. The summed E-state index contributed by atoms with van der Waals surface area (Å²) in [6, 6.07) is 0.472. The average molecular weight is 370 g/mol. The van der Waals surface area contributed by atoms with Crippen LogP contribution in [0.5, 0.6) is 0 Å². The molecule has 2 aliphatic rings. The van der Waals surface area contributed by atoms with Gasteiger partial charge in [-0.3, -0.25) is 14.4 Å². The fourth-order valence-electron chi connectivity index (χ4n) is 3.30. The topological polar surface area (TPSA) is 78.5 Å². The van der Waals surface area contributed by atoms with Gasteiger partial charge in [0.15, 0.2) is 0 Å². The Morgan fingerprint density at radius 2 is 2.25 bits per heavy atom. The molecule has 3 rings (SSSR count). The standard InChI is InChI=1S/C16H20ClN3O3S/c1-8(2)5-11-16(23)20-7-9(6-12(20)14(21)19-11)18-15(22)13-10(17)3-4-24-13/h3-4,8-9,11-12H,5-7H2,1-2H3,(H,18,22)(H,19,21)/t9-,11-,12-/m0/s1. The Morgan fingerprint density at radius 3 is 2.88 bits per heavy atom. The van der Waals surface area contributed by atoms with E-state index in [1.807, 2.05) is 13.8 Å². The molecule has 3 atom stereocenters. The van der Waals surface area contributed by atoms with E-state index in [-0.39, 0.29) is 23.8 Å². The molecule has 1 aromatic heterocycles. The first-order valence-corrected chi connectivity index (χ1v) is 9.27. The van der Waals surface area contributed by atoms with Crippen LogP contribution in [0.25, 0.3) is 0 Å². The number of carbonyl (C=O) groups is 3. The van der Waals surface area contributed by atoms with Crippen LogP contribution in [-0.2, 0) is 9.59 Å². The van der Waals surface area contributed by atoms with E-state index < -0.39 is 12.1 Å². The normalized spacial score (nSPS) is 26.5. The van der Waals surface area contributed by atoms with Crippen molar-refractivity contribution in [2.24, 2.45) is 5.92 Å². The molecule has 0 unspecified atom stereocenters. The van der Waals surface area contributed by atoms with E-state index in [0.717, 1.165) is 0 Å². The van der Waals surface area contributed by atoms with E-state index in [9.17, 15) is 14.4 Å². The molecular formula is C16H20ClN3O3S. The van der Waals surface area contributed by atoms with Gasteiger partial charge in [-0.05, 0) is 30.2 Å². The minimum absolute atomic E-state index is 0.0563. The maximum atomic E-state index is 12.6.